The Morgan fingerprint density at radius 3 is 2.55 bits per heavy atom. The Bertz CT molecular complexity index is 1310. The van der Waals surface area contributed by atoms with Crippen molar-refractivity contribution in [2.45, 2.75) is 12.6 Å². The first-order valence-corrected chi connectivity index (χ1v) is 10.1. The van der Waals surface area contributed by atoms with Crippen molar-refractivity contribution in [3.63, 3.8) is 0 Å². The molecular formula is C25H19F4NO3. The van der Waals surface area contributed by atoms with Gasteiger partial charge in [-0.15, -0.1) is 0 Å². The minimum absolute atomic E-state index is 0.0566. The maximum Gasteiger partial charge on any atom is 0.416 e. The third-order valence-corrected chi connectivity index (χ3v) is 5.15. The van der Waals surface area contributed by atoms with Crippen LogP contribution in [0.2, 0.25) is 0 Å². The molecule has 0 atom stereocenters. The quantitative estimate of drug-likeness (QED) is 0.372. The number of amides is 1. The first-order chi connectivity index (χ1) is 15.8. The van der Waals surface area contributed by atoms with Crippen LogP contribution < -0.4 is 5.32 Å². The molecule has 170 valence electrons. The second-order valence-corrected chi connectivity index (χ2v) is 7.49. The number of hydrogen-bond acceptors (Lipinski definition) is 3. The van der Waals surface area contributed by atoms with E-state index < -0.39 is 17.6 Å². The largest absolute Gasteiger partial charge is 0.460 e. The Kier molecular flexibility index (Phi) is 6.20. The number of carbonyl (C=O) groups excluding carboxylic acids is 1. The molecule has 1 aromatic heterocycles. The third kappa shape index (κ3) is 4.90. The van der Waals surface area contributed by atoms with Crippen LogP contribution in [-0.4, -0.2) is 24.2 Å². The van der Waals surface area contributed by atoms with Crippen molar-refractivity contribution in [1.82, 2.24) is 5.32 Å². The van der Waals surface area contributed by atoms with Crippen LogP contribution in [0.4, 0.5) is 17.6 Å². The first-order valence-electron chi connectivity index (χ1n) is 10.1. The smallest absolute Gasteiger partial charge is 0.416 e. The van der Waals surface area contributed by atoms with Crippen LogP contribution in [-0.2, 0) is 12.6 Å². The zero-order chi connectivity index (χ0) is 23.6. The van der Waals surface area contributed by atoms with Gasteiger partial charge in [0, 0.05) is 24.1 Å². The summed E-state index contributed by atoms with van der Waals surface area (Å²) in [6.07, 6.45) is -4.40. The van der Waals surface area contributed by atoms with Crippen molar-refractivity contribution in [2.24, 2.45) is 0 Å². The molecule has 0 aliphatic rings. The number of nitrogens with one attached hydrogen (secondary N) is 1. The molecule has 0 radical (unpaired) electrons. The summed E-state index contributed by atoms with van der Waals surface area (Å²) in [5, 5.41) is 11.6. The van der Waals surface area contributed by atoms with Crippen LogP contribution in [0.15, 0.2) is 71.1 Å². The maximum absolute atomic E-state index is 14.5. The van der Waals surface area contributed by atoms with E-state index in [1.807, 2.05) is 0 Å². The number of halogens is 4. The molecule has 4 nitrogen and oxygen atoms in total. The molecule has 0 aliphatic carbocycles. The number of fused-ring (bicyclic) bond motifs is 1. The van der Waals surface area contributed by atoms with E-state index in [1.165, 1.54) is 24.3 Å². The SMILES string of the molecule is O=C(NCCO)c1cccc(-c2ccc(F)c3cc(Cc4cccc(C(F)(F)F)c4)oc23)c1. The molecule has 1 heterocycles. The monoisotopic (exact) mass is 457 g/mol. The second kappa shape index (κ2) is 9.07. The van der Waals surface area contributed by atoms with E-state index in [0.717, 1.165) is 12.1 Å². The predicted octanol–water partition coefficient (Wildman–Crippen LogP) is 5.57. The number of furan rings is 1. The van der Waals surface area contributed by atoms with Crippen molar-refractivity contribution < 1.29 is 31.9 Å². The number of rotatable bonds is 6. The van der Waals surface area contributed by atoms with Crippen molar-refractivity contribution in [2.75, 3.05) is 13.2 Å². The van der Waals surface area contributed by atoms with Crippen molar-refractivity contribution in [3.8, 4) is 11.1 Å². The summed E-state index contributed by atoms with van der Waals surface area (Å²) in [6, 6.07) is 15.8. The van der Waals surface area contributed by atoms with Gasteiger partial charge in [0.05, 0.1) is 17.6 Å². The molecule has 2 N–H and O–H groups in total. The van der Waals surface area contributed by atoms with Gasteiger partial charge in [-0.25, -0.2) is 4.39 Å². The molecule has 3 aromatic carbocycles. The van der Waals surface area contributed by atoms with E-state index in [2.05, 4.69) is 5.32 Å². The average molecular weight is 457 g/mol. The van der Waals surface area contributed by atoms with Crippen LogP contribution in [0.3, 0.4) is 0 Å². The van der Waals surface area contributed by atoms with Gasteiger partial charge < -0.3 is 14.8 Å². The van der Waals surface area contributed by atoms with Crippen molar-refractivity contribution in [1.29, 1.82) is 0 Å². The summed E-state index contributed by atoms with van der Waals surface area (Å²) in [5.41, 5.74) is 1.36. The summed E-state index contributed by atoms with van der Waals surface area (Å²) in [4.78, 5) is 12.2. The molecule has 4 aromatic rings. The van der Waals surface area contributed by atoms with Crippen LogP contribution in [0.5, 0.6) is 0 Å². The second-order valence-electron chi connectivity index (χ2n) is 7.49. The lowest BCUT2D eigenvalue weighted by Crippen LogP contribution is -2.26. The summed E-state index contributed by atoms with van der Waals surface area (Å²) in [7, 11) is 0. The van der Waals surface area contributed by atoms with Crippen LogP contribution >= 0.6 is 0 Å². The molecule has 4 rings (SSSR count). The molecule has 0 unspecified atom stereocenters. The highest BCUT2D eigenvalue weighted by atomic mass is 19.4. The summed E-state index contributed by atoms with van der Waals surface area (Å²) in [5.74, 6) is -0.578. The van der Waals surface area contributed by atoms with Crippen LogP contribution in [0.25, 0.3) is 22.1 Å². The highest BCUT2D eigenvalue weighted by molar-refractivity contribution is 5.98. The Morgan fingerprint density at radius 2 is 1.79 bits per heavy atom. The highest BCUT2D eigenvalue weighted by Crippen LogP contribution is 2.35. The minimum atomic E-state index is -4.46. The zero-order valence-corrected chi connectivity index (χ0v) is 17.2. The highest BCUT2D eigenvalue weighted by Gasteiger charge is 2.30. The van der Waals surface area contributed by atoms with Gasteiger partial charge in [-0.05, 0) is 47.5 Å². The molecule has 0 saturated heterocycles. The van der Waals surface area contributed by atoms with E-state index in [4.69, 9.17) is 9.52 Å². The topological polar surface area (TPSA) is 62.5 Å². The van der Waals surface area contributed by atoms with Gasteiger partial charge in [-0.3, -0.25) is 4.79 Å². The van der Waals surface area contributed by atoms with E-state index in [9.17, 15) is 22.4 Å². The van der Waals surface area contributed by atoms with Gasteiger partial charge in [0.2, 0.25) is 0 Å². The fourth-order valence-corrected chi connectivity index (χ4v) is 3.61. The molecule has 0 fully saturated rings. The van der Waals surface area contributed by atoms with Crippen molar-refractivity contribution in [3.05, 3.63) is 95.0 Å². The maximum atomic E-state index is 14.5. The average Bonchev–Trinajstić information content (AvgIpc) is 3.22. The number of benzene rings is 3. The van der Waals surface area contributed by atoms with Crippen molar-refractivity contribution >= 4 is 16.9 Å². The summed E-state index contributed by atoms with van der Waals surface area (Å²) in [6.45, 7) is -0.0774. The number of alkyl halides is 3. The number of aliphatic hydroxyl groups is 1. The van der Waals surface area contributed by atoms with Gasteiger partial charge in [0.1, 0.15) is 17.2 Å². The van der Waals surface area contributed by atoms with Gasteiger partial charge >= 0.3 is 6.18 Å². The van der Waals surface area contributed by atoms with E-state index in [-0.39, 0.29) is 36.4 Å². The van der Waals surface area contributed by atoms with E-state index in [1.54, 1.807) is 30.3 Å². The molecule has 0 saturated carbocycles. The molecule has 0 bridgehead atoms. The van der Waals surface area contributed by atoms with E-state index >= 15 is 0 Å². The number of carbonyl (C=O) groups is 1. The number of hydrogen-bond donors (Lipinski definition) is 2. The normalized spacial score (nSPS) is 11.7. The van der Waals surface area contributed by atoms with E-state index in [0.29, 0.717) is 28.0 Å². The Morgan fingerprint density at radius 1 is 1.00 bits per heavy atom. The molecule has 0 aliphatic heterocycles. The molecule has 33 heavy (non-hydrogen) atoms. The predicted molar refractivity (Wildman–Crippen MR) is 115 cm³/mol. The van der Waals surface area contributed by atoms with Gasteiger partial charge in [-0.1, -0.05) is 30.3 Å². The lowest BCUT2D eigenvalue weighted by atomic mass is 10.0. The summed E-state index contributed by atoms with van der Waals surface area (Å²) >= 11 is 0. The Labute approximate surface area is 186 Å². The molecule has 8 heteroatoms. The Balaban J connectivity index is 1.70. The third-order valence-electron chi connectivity index (χ3n) is 5.15. The Hall–Kier alpha value is -3.65. The molecule has 1 amide bonds. The minimum Gasteiger partial charge on any atom is -0.460 e. The van der Waals surface area contributed by atoms with Crippen LogP contribution in [0.1, 0.15) is 27.2 Å². The lowest BCUT2D eigenvalue weighted by molar-refractivity contribution is -0.137. The fraction of sp³-hybridized carbons (Fsp3) is 0.160. The first kappa shape index (κ1) is 22.5. The standard InChI is InChI=1S/C25H19F4NO3/c26-22-8-7-20(16-4-2-5-17(13-16)24(32)30-9-10-31)23-21(22)14-19(33-23)12-15-3-1-6-18(11-15)25(27,28)29/h1-8,11,13-14,31H,9-10,12H2,(H,30,32). The van der Waals surface area contributed by atoms with Gasteiger partial charge in [0.25, 0.3) is 5.91 Å². The van der Waals surface area contributed by atoms with Gasteiger partial charge in [-0.2, -0.15) is 13.2 Å². The van der Waals surface area contributed by atoms with Crippen LogP contribution in [0, 0.1) is 5.82 Å². The fourth-order valence-electron chi connectivity index (χ4n) is 3.61. The lowest BCUT2D eigenvalue weighted by Gasteiger charge is -2.08. The number of aliphatic hydroxyl groups excluding tert-OH is 1. The zero-order valence-electron chi connectivity index (χ0n) is 17.2. The summed E-state index contributed by atoms with van der Waals surface area (Å²) < 4.78 is 59.4. The molecule has 0 spiro atoms. The molecular weight excluding hydrogens is 438 g/mol. The van der Waals surface area contributed by atoms with Gasteiger partial charge in [0.15, 0.2) is 0 Å².